The molecule has 2 N–H and O–H groups in total. The van der Waals surface area contributed by atoms with Crippen molar-refractivity contribution >= 4 is 11.7 Å². The Morgan fingerprint density at radius 3 is 2.59 bits per heavy atom. The molecule has 1 amide bonds. The lowest BCUT2D eigenvalue weighted by atomic mass is 10.1. The molecule has 0 saturated heterocycles. The van der Waals surface area contributed by atoms with Gasteiger partial charge < -0.3 is 15.2 Å². The lowest BCUT2D eigenvalue weighted by Crippen LogP contribution is -2.35. The quantitative estimate of drug-likeness (QED) is 0.442. The number of aromatic nitrogens is 3. The van der Waals surface area contributed by atoms with Crippen LogP contribution in [0.3, 0.4) is 0 Å². The Balaban J connectivity index is 1.45. The summed E-state index contributed by atoms with van der Waals surface area (Å²) in [5, 5.41) is 20.2. The van der Waals surface area contributed by atoms with Crippen LogP contribution in [0.1, 0.15) is 65.6 Å². The predicted octanol–water partition coefficient (Wildman–Crippen LogP) is 3.64. The van der Waals surface area contributed by atoms with E-state index in [0.29, 0.717) is 29.1 Å². The number of carbonyl (C=O) groups excluding carboxylic acids is 2. The molecule has 0 aliphatic heterocycles. The predicted molar refractivity (Wildman–Crippen MR) is 122 cm³/mol. The van der Waals surface area contributed by atoms with Crippen LogP contribution >= 0.6 is 0 Å². The van der Waals surface area contributed by atoms with Gasteiger partial charge >= 0.3 is 0 Å². The summed E-state index contributed by atoms with van der Waals surface area (Å²) in [5.74, 6) is -0.359. The van der Waals surface area contributed by atoms with E-state index in [9.17, 15) is 14.0 Å². The van der Waals surface area contributed by atoms with Gasteiger partial charge in [0.1, 0.15) is 23.4 Å². The van der Waals surface area contributed by atoms with Crippen molar-refractivity contribution in [2.45, 2.75) is 45.3 Å². The van der Waals surface area contributed by atoms with Gasteiger partial charge in [-0.3, -0.25) is 9.59 Å². The number of amides is 1. The second-order valence-corrected chi connectivity index (χ2v) is 8.46. The molecule has 1 aliphatic rings. The average Bonchev–Trinajstić information content (AvgIpc) is 3.58. The summed E-state index contributed by atoms with van der Waals surface area (Å²) < 4.78 is 20.6. The maximum atomic E-state index is 14.6. The number of benzene rings is 2. The van der Waals surface area contributed by atoms with Gasteiger partial charge in [-0.1, -0.05) is 6.92 Å². The molecule has 1 fully saturated rings. The lowest BCUT2D eigenvalue weighted by Gasteiger charge is -2.15. The number of nitrogens with one attached hydrogen (secondary N) is 1. The third-order valence-electron chi connectivity index (χ3n) is 5.66. The van der Waals surface area contributed by atoms with Crippen molar-refractivity contribution in [3.05, 3.63) is 71.3 Å². The van der Waals surface area contributed by atoms with Crippen LogP contribution in [0.15, 0.2) is 48.7 Å². The third kappa shape index (κ3) is 5.31. The summed E-state index contributed by atoms with van der Waals surface area (Å²) >= 11 is 0. The van der Waals surface area contributed by atoms with Crippen molar-refractivity contribution in [3.63, 3.8) is 0 Å². The Morgan fingerprint density at radius 2 is 1.97 bits per heavy atom. The number of hydrogen-bond donors (Lipinski definition) is 2. The number of aliphatic hydroxyl groups excluding tert-OH is 1. The van der Waals surface area contributed by atoms with Crippen LogP contribution in [-0.4, -0.2) is 44.4 Å². The molecule has 1 saturated carbocycles. The maximum absolute atomic E-state index is 14.6. The van der Waals surface area contributed by atoms with Crippen molar-refractivity contribution in [1.82, 2.24) is 20.3 Å². The van der Waals surface area contributed by atoms with Gasteiger partial charge in [-0.15, -0.1) is 5.10 Å². The maximum Gasteiger partial charge on any atom is 0.254 e. The minimum Gasteiger partial charge on any atom is -0.484 e. The highest BCUT2D eigenvalue weighted by atomic mass is 19.1. The van der Waals surface area contributed by atoms with Crippen molar-refractivity contribution in [3.8, 4) is 11.4 Å². The molecule has 2 aromatic carbocycles. The number of carbonyl (C=O) groups is 2. The largest absolute Gasteiger partial charge is 0.484 e. The Labute approximate surface area is 196 Å². The zero-order valence-electron chi connectivity index (χ0n) is 19.1. The molecule has 1 aromatic heterocycles. The normalized spacial score (nSPS) is 14.9. The second-order valence-electron chi connectivity index (χ2n) is 8.46. The van der Waals surface area contributed by atoms with E-state index in [4.69, 9.17) is 9.84 Å². The van der Waals surface area contributed by atoms with Crippen LogP contribution in [0, 0.1) is 11.7 Å². The van der Waals surface area contributed by atoms with Gasteiger partial charge in [-0.05, 0) is 62.6 Å². The monoisotopic (exact) mass is 466 g/mol. The fourth-order valence-corrected chi connectivity index (χ4v) is 3.50. The summed E-state index contributed by atoms with van der Waals surface area (Å²) in [6.07, 6.45) is 3.73. The minimum absolute atomic E-state index is 0.130. The third-order valence-corrected chi connectivity index (χ3v) is 5.66. The first kappa shape index (κ1) is 23.6. The van der Waals surface area contributed by atoms with E-state index < -0.39 is 17.8 Å². The van der Waals surface area contributed by atoms with Crippen molar-refractivity contribution in [2.75, 3.05) is 6.61 Å². The average molecular weight is 467 g/mol. The Morgan fingerprint density at radius 1 is 1.24 bits per heavy atom. The van der Waals surface area contributed by atoms with Gasteiger partial charge in [0.2, 0.25) is 0 Å². The summed E-state index contributed by atoms with van der Waals surface area (Å²) in [4.78, 5) is 25.6. The molecule has 3 aromatic rings. The Hall–Kier alpha value is -3.59. The fourth-order valence-electron chi connectivity index (χ4n) is 3.50. The molecule has 8 nitrogen and oxygen atoms in total. The van der Waals surface area contributed by atoms with Gasteiger partial charge in [0.05, 0.1) is 24.1 Å². The van der Waals surface area contributed by atoms with E-state index in [1.54, 1.807) is 43.5 Å². The summed E-state index contributed by atoms with van der Waals surface area (Å²) in [6.45, 7) is 3.33. The standard InChI is InChI=1S/C25H27FN4O4/c1-3-23(34-19-9-6-17(7-10-19)24(32)16-4-5-16)22-13-27-30(29-22)18-8-11-20(21(26)12-18)25(33)28-15(2)14-31/h6-13,15-16,23,31H,3-5,14H2,1-2H3,(H,28,33)/t15-,23?/m1/s1. The molecule has 1 aliphatic carbocycles. The number of halogens is 1. The molecule has 0 radical (unpaired) electrons. The van der Waals surface area contributed by atoms with Crippen LogP contribution in [0.25, 0.3) is 5.69 Å². The van der Waals surface area contributed by atoms with Gasteiger partial charge in [-0.25, -0.2) is 4.39 Å². The highest BCUT2D eigenvalue weighted by Crippen LogP contribution is 2.33. The Bertz CT molecular complexity index is 1170. The number of Topliss-reactive ketones (excluding diaryl/α,β-unsaturated/α-hetero) is 1. The highest BCUT2D eigenvalue weighted by Gasteiger charge is 2.30. The van der Waals surface area contributed by atoms with Gasteiger partial charge in [0, 0.05) is 23.6 Å². The second kappa shape index (κ2) is 10.1. The fraction of sp³-hybridized carbons (Fsp3) is 0.360. The summed E-state index contributed by atoms with van der Waals surface area (Å²) in [7, 11) is 0. The van der Waals surface area contributed by atoms with Gasteiger partial charge in [0.15, 0.2) is 5.78 Å². The van der Waals surface area contributed by atoms with Crippen molar-refractivity contribution in [1.29, 1.82) is 0 Å². The van der Waals surface area contributed by atoms with E-state index in [1.807, 2.05) is 6.92 Å². The molecular weight excluding hydrogens is 439 g/mol. The van der Waals surface area contributed by atoms with E-state index in [0.717, 1.165) is 12.8 Å². The molecule has 34 heavy (non-hydrogen) atoms. The zero-order valence-corrected chi connectivity index (χ0v) is 19.1. The van der Waals surface area contributed by atoms with Crippen LogP contribution in [0.4, 0.5) is 4.39 Å². The molecule has 0 bridgehead atoms. The van der Waals surface area contributed by atoms with Crippen LogP contribution in [0.5, 0.6) is 5.75 Å². The Kier molecular flexibility index (Phi) is 7.02. The number of aliphatic hydroxyl groups is 1. The zero-order chi connectivity index (χ0) is 24.2. The van der Waals surface area contributed by atoms with E-state index in [1.165, 1.54) is 16.9 Å². The number of hydrogen-bond acceptors (Lipinski definition) is 6. The van der Waals surface area contributed by atoms with Crippen LogP contribution in [-0.2, 0) is 0 Å². The molecule has 178 valence electrons. The number of ether oxygens (including phenoxy) is 1. The molecule has 1 heterocycles. The SMILES string of the molecule is CCC(Oc1ccc(C(=O)C2CC2)cc1)c1cnn(-c2ccc(C(=O)N[C@H](C)CO)c(F)c2)n1. The topological polar surface area (TPSA) is 106 Å². The van der Waals surface area contributed by atoms with Crippen molar-refractivity contribution in [2.24, 2.45) is 5.92 Å². The molecule has 9 heteroatoms. The van der Waals surface area contributed by atoms with E-state index >= 15 is 0 Å². The lowest BCUT2D eigenvalue weighted by molar-refractivity contribution is 0.0917. The summed E-state index contributed by atoms with van der Waals surface area (Å²) in [5.41, 5.74) is 1.49. The molecular formula is C25H27FN4O4. The highest BCUT2D eigenvalue weighted by molar-refractivity contribution is 5.99. The van der Waals surface area contributed by atoms with E-state index in [2.05, 4.69) is 15.5 Å². The van der Waals surface area contributed by atoms with Crippen LogP contribution in [0.2, 0.25) is 0 Å². The first-order valence-corrected chi connectivity index (χ1v) is 11.3. The summed E-state index contributed by atoms with van der Waals surface area (Å²) in [6, 6.07) is 10.7. The first-order chi connectivity index (χ1) is 16.4. The number of nitrogens with zero attached hydrogens (tertiary/aromatic N) is 3. The van der Waals surface area contributed by atoms with Gasteiger partial charge in [0.25, 0.3) is 5.91 Å². The number of ketones is 1. The first-order valence-electron chi connectivity index (χ1n) is 11.3. The minimum atomic E-state index is -0.719. The van der Waals surface area contributed by atoms with Crippen molar-refractivity contribution < 1.29 is 23.8 Å². The molecule has 4 rings (SSSR count). The molecule has 0 spiro atoms. The van der Waals surface area contributed by atoms with Gasteiger partial charge in [-0.2, -0.15) is 9.90 Å². The van der Waals surface area contributed by atoms with E-state index in [-0.39, 0.29) is 30.0 Å². The molecule has 1 unspecified atom stereocenters. The number of rotatable bonds is 10. The van der Waals surface area contributed by atoms with Crippen LogP contribution < -0.4 is 10.1 Å². The smallest absolute Gasteiger partial charge is 0.254 e. The molecule has 2 atom stereocenters.